The lowest BCUT2D eigenvalue weighted by Crippen LogP contribution is -2.48. The first-order valence-electron chi connectivity index (χ1n) is 8.42. The maximum atomic E-state index is 12.3. The maximum absolute atomic E-state index is 12.3. The fraction of sp³-hybridized carbons (Fsp3) is 0.556. The number of carbonyl (C=O) groups is 2. The molecule has 1 heterocycles. The van der Waals surface area contributed by atoms with Gasteiger partial charge in [0, 0.05) is 44.9 Å². The van der Waals surface area contributed by atoms with E-state index in [2.05, 4.69) is 5.32 Å². The van der Waals surface area contributed by atoms with Crippen LogP contribution in [-0.4, -0.2) is 63.7 Å². The van der Waals surface area contributed by atoms with Gasteiger partial charge in [0.05, 0.1) is 20.8 Å². The summed E-state index contributed by atoms with van der Waals surface area (Å²) in [4.78, 5) is 27.3. The monoisotopic (exact) mass is 349 g/mol. The number of anilines is 1. The molecule has 2 rings (SSSR count). The number of likely N-dealkylation sites (N-methyl/N-ethyl adjacent to an activating group) is 1. The van der Waals surface area contributed by atoms with E-state index in [1.54, 1.807) is 21.1 Å². The predicted octanol–water partition coefficient (Wildman–Crippen LogP) is 1.27. The Morgan fingerprint density at radius 3 is 2.40 bits per heavy atom. The minimum absolute atomic E-state index is 0.0291. The number of rotatable bonds is 6. The second kappa shape index (κ2) is 8.60. The van der Waals surface area contributed by atoms with Crippen molar-refractivity contribution in [2.24, 2.45) is 0 Å². The van der Waals surface area contributed by atoms with Crippen molar-refractivity contribution >= 4 is 17.5 Å². The molecule has 0 unspecified atom stereocenters. The van der Waals surface area contributed by atoms with Crippen molar-refractivity contribution in [2.75, 3.05) is 45.8 Å². The van der Waals surface area contributed by atoms with Crippen LogP contribution in [-0.2, 0) is 9.59 Å². The van der Waals surface area contributed by atoms with Crippen molar-refractivity contribution in [1.29, 1.82) is 0 Å². The average molecular weight is 349 g/mol. The van der Waals surface area contributed by atoms with Gasteiger partial charge in [0.25, 0.3) is 0 Å². The van der Waals surface area contributed by atoms with Gasteiger partial charge in [-0.15, -0.1) is 0 Å². The van der Waals surface area contributed by atoms with E-state index in [1.165, 1.54) is 0 Å². The Hall–Kier alpha value is -2.44. The number of nitrogens with one attached hydrogen (secondary N) is 1. The van der Waals surface area contributed by atoms with Crippen LogP contribution in [0.4, 0.5) is 5.69 Å². The SMILES string of the molecule is COc1ccc(N(C)CC(=O)NC2CCN(C(C)=O)CC2)cc1OC. The summed E-state index contributed by atoms with van der Waals surface area (Å²) in [6, 6.07) is 5.68. The molecule has 0 saturated carbocycles. The van der Waals surface area contributed by atoms with E-state index in [1.807, 2.05) is 35.0 Å². The number of likely N-dealkylation sites (tertiary alicyclic amines) is 1. The summed E-state index contributed by atoms with van der Waals surface area (Å²) in [5.41, 5.74) is 0.874. The van der Waals surface area contributed by atoms with Gasteiger partial charge in [-0.3, -0.25) is 9.59 Å². The lowest BCUT2D eigenvalue weighted by molar-refractivity contribution is -0.130. The molecule has 7 nitrogen and oxygen atoms in total. The number of amides is 2. The quantitative estimate of drug-likeness (QED) is 0.837. The van der Waals surface area contributed by atoms with Gasteiger partial charge in [-0.05, 0) is 25.0 Å². The number of hydrogen-bond donors (Lipinski definition) is 1. The molecule has 2 amide bonds. The Bertz CT molecular complexity index is 612. The van der Waals surface area contributed by atoms with Gasteiger partial charge in [-0.25, -0.2) is 0 Å². The number of piperidine rings is 1. The van der Waals surface area contributed by atoms with Gasteiger partial charge in [0.1, 0.15) is 0 Å². The molecule has 1 aliphatic heterocycles. The van der Waals surface area contributed by atoms with Crippen LogP contribution >= 0.6 is 0 Å². The number of benzene rings is 1. The highest BCUT2D eigenvalue weighted by molar-refractivity contribution is 5.81. The first-order valence-corrected chi connectivity index (χ1v) is 8.42. The molecule has 1 aromatic carbocycles. The minimum atomic E-state index is -0.0291. The molecule has 0 atom stereocenters. The number of carbonyl (C=O) groups excluding carboxylic acids is 2. The molecule has 1 saturated heterocycles. The van der Waals surface area contributed by atoms with Crippen molar-refractivity contribution in [3.63, 3.8) is 0 Å². The summed E-state index contributed by atoms with van der Waals surface area (Å²) in [5, 5.41) is 3.06. The summed E-state index contributed by atoms with van der Waals surface area (Å²) in [6.07, 6.45) is 1.59. The summed E-state index contributed by atoms with van der Waals surface area (Å²) in [7, 11) is 5.03. The highest BCUT2D eigenvalue weighted by Gasteiger charge is 2.22. The largest absolute Gasteiger partial charge is 0.493 e. The third-order valence-corrected chi connectivity index (χ3v) is 4.49. The first kappa shape index (κ1) is 18.9. The van der Waals surface area contributed by atoms with Gasteiger partial charge in [0.15, 0.2) is 11.5 Å². The topological polar surface area (TPSA) is 71.1 Å². The van der Waals surface area contributed by atoms with Crippen LogP contribution in [0.2, 0.25) is 0 Å². The Morgan fingerprint density at radius 1 is 1.20 bits per heavy atom. The van der Waals surface area contributed by atoms with Crippen molar-refractivity contribution in [3.05, 3.63) is 18.2 Å². The van der Waals surface area contributed by atoms with Crippen molar-refractivity contribution in [3.8, 4) is 11.5 Å². The smallest absolute Gasteiger partial charge is 0.239 e. The third-order valence-electron chi connectivity index (χ3n) is 4.49. The lowest BCUT2D eigenvalue weighted by Gasteiger charge is -2.32. The van der Waals surface area contributed by atoms with Crippen LogP contribution in [0.25, 0.3) is 0 Å². The first-order chi connectivity index (χ1) is 11.9. The second-order valence-corrected chi connectivity index (χ2v) is 6.24. The molecule has 7 heteroatoms. The van der Waals surface area contributed by atoms with E-state index in [4.69, 9.17) is 9.47 Å². The van der Waals surface area contributed by atoms with Crippen LogP contribution in [0.3, 0.4) is 0 Å². The van der Waals surface area contributed by atoms with Crippen molar-refractivity contribution < 1.29 is 19.1 Å². The van der Waals surface area contributed by atoms with E-state index in [-0.39, 0.29) is 24.4 Å². The molecular weight excluding hydrogens is 322 g/mol. The molecule has 1 aromatic rings. The van der Waals surface area contributed by atoms with Gasteiger partial charge >= 0.3 is 0 Å². The number of methoxy groups -OCH3 is 2. The maximum Gasteiger partial charge on any atom is 0.239 e. The third kappa shape index (κ3) is 5.01. The van der Waals surface area contributed by atoms with Crippen LogP contribution in [0.1, 0.15) is 19.8 Å². The Kier molecular flexibility index (Phi) is 6.50. The van der Waals surface area contributed by atoms with E-state index < -0.39 is 0 Å². The predicted molar refractivity (Wildman–Crippen MR) is 96.2 cm³/mol. The summed E-state index contributed by atoms with van der Waals surface area (Å²) >= 11 is 0. The fourth-order valence-corrected chi connectivity index (χ4v) is 2.98. The van der Waals surface area contributed by atoms with E-state index in [0.29, 0.717) is 24.6 Å². The molecule has 1 fully saturated rings. The van der Waals surface area contributed by atoms with E-state index in [0.717, 1.165) is 18.5 Å². The van der Waals surface area contributed by atoms with Gasteiger partial charge in [-0.1, -0.05) is 0 Å². The molecular formula is C18H27N3O4. The summed E-state index contributed by atoms with van der Waals surface area (Å²) < 4.78 is 10.5. The summed E-state index contributed by atoms with van der Waals surface area (Å²) in [6.45, 7) is 3.23. The highest BCUT2D eigenvalue weighted by atomic mass is 16.5. The van der Waals surface area contributed by atoms with E-state index >= 15 is 0 Å². The molecule has 0 aromatic heterocycles. The Morgan fingerprint density at radius 2 is 1.84 bits per heavy atom. The molecule has 0 bridgehead atoms. The van der Waals surface area contributed by atoms with Crippen molar-refractivity contribution in [2.45, 2.75) is 25.8 Å². The van der Waals surface area contributed by atoms with Crippen LogP contribution in [0.15, 0.2) is 18.2 Å². The number of ether oxygens (including phenoxy) is 2. The van der Waals surface area contributed by atoms with Crippen LogP contribution < -0.4 is 19.7 Å². The molecule has 1 aliphatic rings. The molecule has 138 valence electrons. The van der Waals surface area contributed by atoms with Gasteiger partial charge < -0.3 is 24.6 Å². The molecule has 0 radical (unpaired) electrons. The molecule has 0 spiro atoms. The fourth-order valence-electron chi connectivity index (χ4n) is 2.98. The van der Waals surface area contributed by atoms with Gasteiger partial charge in [-0.2, -0.15) is 0 Å². The molecule has 25 heavy (non-hydrogen) atoms. The summed E-state index contributed by atoms with van der Waals surface area (Å²) in [5.74, 6) is 1.35. The number of hydrogen-bond acceptors (Lipinski definition) is 5. The normalized spacial score (nSPS) is 14.8. The molecule has 0 aliphatic carbocycles. The Labute approximate surface area is 148 Å². The van der Waals surface area contributed by atoms with Crippen molar-refractivity contribution in [1.82, 2.24) is 10.2 Å². The number of nitrogens with zero attached hydrogens (tertiary/aromatic N) is 2. The highest BCUT2D eigenvalue weighted by Crippen LogP contribution is 2.30. The standard InChI is InChI=1S/C18H27N3O4/c1-13(22)21-9-7-14(8-10-21)19-18(23)12-20(2)15-5-6-16(24-3)17(11-15)25-4/h5-6,11,14H,7-10,12H2,1-4H3,(H,19,23). The van der Waals surface area contributed by atoms with E-state index in [9.17, 15) is 9.59 Å². The zero-order valence-corrected chi connectivity index (χ0v) is 15.4. The Balaban J connectivity index is 1.87. The van der Waals surface area contributed by atoms with Gasteiger partial charge in [0.2, 0.25) is 11.8 Å². The zero-order chi connectivity index (χ0) is 18.4. The average Bonchev–Trinajstić information content (AvgIpc) is 2.61. The second-order valence-electron chi connectivity index (χ2n) is 6.24. The van der Waals surface area contributed by atoms with Crippen LogP contribution in [0, 0.1) is 0 Å². The van der Waals surface area contributed by atoms with Crippen LogP contribution in [0.5, 0.6) is 11.5 Å². The minimum Gasteiger partial charge on any atom is -0.493 e. The lowest BCUT2D eigenvalue weighted by atomic mass is 10.1. The zero-order valence-electron chi connectivity index (χ0n) is 15.4. The molecule has 1 N–H and O–H groups in total.